The number of rotatable bonds is 7. The number of ether oxygens (including phenoxy) is 2. The van der Waals surface area contributed by atoms with Gasteiger partial charge in [0.05, 0.1) is 5.56 Å². The number of thiophene rings is 1. The lowest BCUT2D eigenvalue weighted by Crippen LogP contribution is -2.29. The third kappa shape index (κ3) is 4.78. The van der Waals surface area contributed by atoms with E-state index in [9.17, 15) is 9.59 Å². The van der Waals surface area contributed by atoms with Gasteiger partial charge in [-0.3, -0.25) is 4.79 Å². The second-order valence-corrected chi connectivity index (χ2v) is 6.60. The number of para-hydroxylation sites is 1. The quantitative estimate of drug-likeness (QED) is 0.606. The van der Waals surface area contributed by atoms with E-state index in [0.717, 1.165) is 0 Å². The highest BCUT2D eigenvalue weighted by molar-refractivity contribution is 7.14. The van der Waals surface area contributed by atoms with Crippen LogP contribution in [0.1, 0.15) is 28.8 Å². The summed E-state index contributed by atoms with van der Waals surface area (Å²) in [6.07, 6.45) is -1.06. The van der Waals surface area contributed by atoms with Gasteiger partial charge in [0.2, 0.25) is 5.76 Å². The molecule has 28 heavy (non-hydrogen) atoms. The van der Waals surface area contributed by atoms with Crippen molar-refractivity contribution in [3.05, 3.63) is 71.0 Å². The highest BCUT2D eigenvalue weighted by Gasteiger charge is 2.22. The predicted molar refractivity (Wildman–Crippen MR) is 102 cm³/mol. The van der Waals surface area contributed by atoms with E-state index in [-0.39, 0.29) is 12.4 Å². The number of benzene rings is 1. The zero-order chi connectivity index (χ0) is 19.9. The minimum atomic E-state index is -1.06. The lowest BCUT2D eigenvalue weighted by molar-refractivity contribution is -0.123. The SMILES string of the molecule is CC(OC(=O)c1ccc(COc2ccccc2)o1)C(=O)Nc1sccc1C#N. The number of furan rings is 1. The van der Waals surface area contributed by atoms with Crippen LogP contribution in [0, 0.1) is 11.3 Å². The number of hydrogen-bond acceptors (Lipinski definition) is 7. The number of nitrogens with one attached hydrogen (secondary N) is 1. The molecule has 1 N–H and O–H groups in total. The van der Waals surface area contributed by atoms with Gasteiger partial charge in [0.1, 0.15) is 29.2 Å². The van der Waals surface area contributed by atoms with Crippen molar-refractivity contribution in [1.82, 2.24) is 0 Å². The van der Waals surface area contributed by atoms with Crippen molar-refractivity contribution in [3.63, 3.8) is 0 Å². The summed E-state index contributed by atoms with van der Waals surface area (Å²) in [4.78, 5) is 24.4. The van der Waals surface area contributed by atoms with Crippen molar-refractivity contribution in [2.24, 2.45) is 0 Å². The first-order valence-electron chi connectivity index (χ1n) is 8.33. The molecule has 1 unspecified atom stereocenters. The van der Waals surface area contributed by atoms with E-state index in [1.807, 2.05) is 36.4 Å². The van der Waals surface area contributed by atoms with Crippen molar-refractivity contribution in [2.75, 3.05) is 5.32 Å². The average Bonchev–Trinajstić information content (AvgIpc) is 3.36. The van der Waals surface area contributed by atoms with Crippen LogP contribution in [0.3, 0.4) is 0 Å². The van der Waals surface area contributed by atoms with Crippen LogP contribution in [0.5, 0.6) is 5.75 Å². The van der Waals surface area contributed by atoms with Crippen molar-refractivity contribution in [2.45, 2.75) is 19.6 Å². The zero-order valence-corrected chi connectivity index (χ0v) is 15.7. The van der Waals surface area contributed by atoms with Crippen LogP contribution in [0.2, 0.25) is 0 Å². The molecular weight excluding hydrogens is 380 g/mol. The summed E-state index contributed by atoms with van der Waals surface area (Å²) in [5, 5.41) is 13.6. The molecule has 1 atom stereocenters. The molecule has 0 saturated carbocycles. The van der Waals surface area contributed by atoms with Crippen molar-refractivity contribution < 1.29 is 23.5 Å². The molecule has 142 valence electrons. The molecule has 0 aliphatic carbocycles. The average molecular weight is 396 g/mol. The lowest BCUT2D eigenvalue weighted by atomic mass is 10.3. The molecular formula is C20H16N2O5S. The molecule has 0 bridgehead atoms. The standard InChI is InChI=1S/C20H16N2O5S/c1-13(18(23)22-19-14(11-21)9-10-28-19)26-20(24)17-8-7-16(27-17)12-25-15-5-3-2-4-6-15/h2-10,13H,12H2,1H3,(H,22,23). The van der Waals surface area contributed by atoms with Gasteiger partial charge < -0.3 is 19.2 Å². The molecule has 2 aromatic heterocycles. The Morgan fingerprint density at radius 1 is 1.21 bits per heavy atom. The molecule has 0 aliphatic heterocycles. The predicted octanol–water partition coefficient (Wildman–Crippen LogP) is 3.98. The van der Waals surface area contributed by atoms with E-state index in [0.29, 0.717) is 22.1 Å². The molecule has 0 fully saturated rings. The summed E-state index contributed by atoms with van der Waals surface area (Å²) >= 11 is 1.21. The molecule has 0 aliphatic rings. The Hall–Kier alpha value is -3.57. The molecule has 7 nitrogen and oxygen atoms in total. The number of amides is 1. The summed E-state index contributed by atoms with van der Waals surface area (Å²) in [7, 11) is 0. The number of carbonyl (C=O) groups excluding carboxylic acids is 2. The summed E-state index contributed by atoms with van der Waals surface area (Å²) in [6, 6.07) is 15.8. The fourth-order valence-corrected chi connectivity index (χ4v) is 2.96. The van der Waals surface area contributed by atoms with Gasteiger partial charge in [0.15, 0.2) is 6.10 Å². The fraction of sp³-hybridized carbons (Fsp3) is 0.150. The summed E-state index contributed by atoms with van der Waals surface area (Å²) in [5.74, 6) is -0.198. The normalized spacial score (nSPS) is 11.3. The first-order chi connectivity index (χ1) is 13.6. The van der Waals surface area contributed by atoms with Crippen LogP contribution in [-0.4, -0.2) is 18.0 Å². The maximum absolute atomic E-state index is 12.2. The van der Waals surface area contributed by atoms with Crippen LogP contribution >= 0.6 is 11.3 Å². The van der Waals surface area contributed by atoms with Crippen molar-refractivity contribution in [3.8, 4) is 11.8 Å². The first kappa shape index (κ1) is 19.2. The van der Waals surface area contributed by atoms with E-state index in [1.54, 1.807) is 17.5 Å². The number of carbonyl (C=O) groups is 2. The second kappa shape index (κ2) is 8.88. The Kier molecular flexibility index (Phi) is 6.09. The van der Waals surface area contributed by atoms with Crippen LogP contribution in [0.25, 0.3) is 0 Å². The van der Waals surface area contributed by atoms with E-state index in [1.165, 1.54) is 24.3 Å². The Labute approximate surface area is 165 Å². The second-order valence-electron chi connectivity index (χ2n) is 5.68. The Bertz CT molecular complexity index is 1000. The largest absolute Gasteiger partial charge is 0.486 e. The molecule has 1 amide bonds. The maximum Gasteiger partial charge on any atom is 0.375 e. The van der Waals surface area contributed by atoms with Gasteiger partial charge >= 0.3 is 5.97 Å². The molecule has 0 spiro atoms. The van der Waals surface area contributed by atoms with Gasteiger partial charge in [-0.25, -0.2) is 4.79 Å². The number of nitrogens with zero attached hydrogens (tertiary/aromatic N) is 1. The Balaban J connectivity index is 1.53. The van der Waals surface area contributed by atoms with Crippen molar-refractivity contribution >= 4 is 28.2 Å². The molecule has 8 heteroatoms. The van der Waals surface area contributed by atoms with Gasteiger partial charge in [-0.2, -0.15) is 5.26 Å². The van der Waals surface area contributed by atoms with Crippen molar-refractivity contribution in [1.29, 1.82) is 5.26 Å². The third-order valence-electron chi connectivity index (χ3n) is 3.66. The number of esters is 1. The van der Waals surface area contributed by atoms with E-state index < -0.39 is 18.0 Å². The van der Waals surface area contributed by atoms with E-state index in [2.05, 4.69) is 5.32 Å². The monoisotopic (exact) mass is 396 g/mol. The number of nitriles is 1. The smallest absolute Gasteiger partial charge is 0.375 e. The highest BCUT2D eigenvalue weighted by atomic mass is 32.1. The highest BCUT2D eigenvalue weighted by Crippen LogP contribution is 2.22. The minimum absolute atomic E-state index is 0.0276. The molecule has 0 saturated heterocycles. The van der Waals surface area contributed by atoms with Crippen LogP contribution in [0.4, 0.5) is 5.00 Å². The van der Waals surface area contributed by atoms with Crippen LogP contribution in [-0.2, 0) is 16.1 Å². The Morgan fingerprint density at radius 3 is 2.75 bits per heavy atom. The lowest BCUT2D eigenvalue weighted by Gasteiger charge is -2.12. The summed E-state index contributed by atoms with van der Waals surface area (Å²) in [5.41, 5.74) is 0.353. The van der Waals surface area contributed by atoms with Gasteiger partial charge in [-0.15, -0.1) is 11.3 Å². The zero-order valence-electron chi connectivity index (χ0n) is 14.9. The van der Waals surface area contributed by atoms with Gasteiger partial charge in [-0.1, -0.05) is 18.2 Å². The molecule has 3 rings (SSSR count). The van der Waals surface area contributed by atoms with Gasteiger partial charge in [-0.05, 0) is 42.6 Å². The molecule has 3 aromatic rings. The van der Waals surface area contributed by atoms with Gasteiger partial charge in [0.25, 0.3) is 5.91 Å². The molecule has 2 heterocycles. The number of anilines is 1. The summed E-state index contributed by atoms with van der Waals surface area (Å²) < 4.78 is 16.1. The third-order valence-corrected chi connectivity index (χ3v) is 4.49. The first-order valence-corrected chi connectivity index (χ1v) is 9.21. The molecule has 1 aromatic carbocycles. The maximum atomic E-state index is 12.2. The topological polar surface area (TPSA) is 102 Å². The number of hydrogen-bond donors (Lipinski definition) is 1. The minimum Gasteiger partial charge on any atom is -0.486 e. The fourth-order valence-electron chi connectivity index (χ4n) is 2.22. The van der Waals surface area contributed by atoms with E-state index in [4.69, 9.17) is 19.2 Å². The van der Waals surface area contributed by atoms with E-state index >= 15 is 0 Å². The Morgan fingerprint density at radius 2 is 2.00 bits per heavy atom. The molecule has 0 radical (unpaired) electrons. The van der Waals surface area contributed by atoms with Crippen LogP contribution in [0.15, 0.2) is 58.3 Å². The van der Waals surface area contributed by atoms with Gasteiger partial charge in [0, 0.05) is 0 Å². The van der Waals surface area contributed by atoms with Crippen LogP contribution < -0.4 is 10.1 Å². The summed E-state index contributed by atoms with van der Waals surface area (Å²) in [6.45, 7) is 1.60.